The third-order valence-corrected chi connectivity index (χ3v) is 3.35. The molecule has 0 aliphatic rings. The van der Waals surface area contributed by atoms with Gasteiger partial charge in [-0.15, -0.1) is 11.3 Å². The Balaban J connectivity index is 1.73. The van der Waals surface area contributed by atoms with E-state index in [1.54, 1.807) is 5.38 Å². The number of hydrogen-bond donors (Lipinski definition) is 3. The highest BCUT2D eigenvalue weighted by atomic mass is 32.1. The summed E-state index contributed by atoms with van der Waals surface area (Å²) in [5.74, 6) is -0.0410. The van der Waals surface area contributed by atoms with Crippen LogP contribution in [0.2, 0.25) is 0 Å². The second-order valence-electron chi connectivity index (χ2n) is 4.20. The van der Waals surface area contributed by atoms with Crippen molar-refractivity contribution < 1.29 is 4.79 Å². The van der Waals surface area contributed by atoms with Gasteiger partial charge < -0.3 is 16.8 Å². The normalized spacial score (nSPS) is 10.3. The molecule has 0 spiro atoms. The van der Waals surface area contributed by atoms with E-state index in [9.17, 15) is 4.79 Å². The van der Waals surface area contributed by atoms with Crippen molar-refractivity contribution in [2.75, 3.05) is 18.0 Å². The third-order valence-electron chi connectivity index (χ3n) is 2.63. The summed E-state index contributed by atoms with van der Waals surface area (Å²) >= 11 is 1.34. The molecule has 0 aliphatic carbocycles. The van der Waals surface area contributed by atoms with E-state index in [2.05, 4.69) is 10.3 Å². The number of nitrogens with two attached hydrogens (primary N) is 2. The largest absolute Gasteiger partial charge is 0.399 e. The molecule has 0 saturated heterocycles. The number of nitrogens with zero attached hydrogens (tertiary/aromatic N) is 1. The summed E-state index contributed by atoms with van der Waals surface area (Å²) in [6, 6.07) is 7.63. The molecule has 0 saturated carbocycles. The van der Waals surface area contributed by atoms with Gasteiger partial charge in [0.15, 0.2) is 5.13 Å². The molecular weight excluding hydrogens is 260 g/mol. The first-order valence-electron chi connectivity index (χ1n) is 5.94. The fourth-order valence-electron chi connectivity index (χ4n) is 1.66. The van der Waals surface area contributed by atoms with E-state index in [-0.39, 0.29) is 12.3 Å². The molecule has 5 N–H and O–H groups in total. The molecule has 2 rings (SSSR count). The predicted octanol–water partition coefficient (Wildman–Crippen LogP) is 1.21. The second-order valence-corrected chi connectivity index (χ2v) is 5.09. The van der Waals surface area contributed by atoms with Gasteiger partial charge in [-0.2, -0.15) is 0 Å². The molecule has 0 unspecified atom stereocenters. The maximum absolute atomic E-state index is 11.7. The lowest BCUT2D eigenvalue weighted by atomic mass is 10.1. The van der Waals surface area contributed by atoms with Crippen molar-refractivity contribution >= 4 is 28.1 Å². The summed E-state index contributed by atoms with van der Waals surface area (Å²) in [5.41, 5.74) is 13.7. The minimum Gasteiger partial charge on any atom is -0.399 e. The Hall–Kier alpha value is -2.08. The molecule has 0 fully saturated rings. The van der Waals surface area contributed by atoms with Crippen molar-refractivity contribution in [2.24, 2.45) is 0 Å². The minimum absolute atomic E-state index is 0.0410. The maximum Gasteiger partial charge on any atom is 0.226 e. The van der Waals surface area contributed by atoms with Gasteiger partial charge in [-0.1, -0.05) is 12.1 Å². The van der Waals surface area contributed by atoms with Crippen molar-refractivity contribution in [1.29, 1.82) is 0 Å². The SMILES string of the molecule is Nc1ccc(CCNC(=O)Cc2csc(N)n2)cc1. The first-order chi connectivity index (χ1) is 9.13. The lowest BCUT2D eigenvalue weighted by molar-refractivity contribution is -0.120. The Bertz CT molecular complexity index is 550. The first kappa shape index (κ1) is 13.4. The number of carbonyl (C=O) groups is 1. The molecule has 1 heterocycles. The number of nitrogens with one attached hydrogen (secondary N) is 1. The summed E-state index contributed by atoms with van der Waals surface area (Å²) in [4.78, 5) is 15.7. The van der Waals surface area contributed by atoms with Gasteiger partial charge in [0.2, 0.25) is 5.91 Å². The number of amides is 1. The van der Waals surface area contributed by atoms with Gasteiger partial charge in [-0.3, -0.25) is 4.79 Å². The molecule has 1 aromatic carbocycles. The molecule has 19 heavy (non-hydrogen) atoms. The molecule has 0 bridgehead atoms. The highest BCUT2D eigenvalue weighted by molar-refractivity contribution is 7.13. The van der Waals surface area contributed by atoms with E-state index in [0.29, 0.717) is 17.4 Å². The van der Waals surface area contributed by atoms with Crippen LogP contribution in [0.1, 0.15) is 11.3 Å². The summed E-state index contributed by atoms with van der Waals surface area (Å²) < 4.78 is 0. The van der Waals surface area contributed by atoms with Gasteiger partial charge in [0.05, 0.1) is 12.1 Å². The van der Waals surface area contributed by atoms with Crippen LogP contribution in [0.3, 0.4) is 0 Å². The molecule has 5 nitrogen and oxygen atoms in total. The Morgan fingerprint density at radius 3 is 2.63 bits per heavy atom. The standard InChI is InChI=1S/C13H16N4OS/c14-10-3-1-9(2-4-10)5-6-16-12(18)7-11-8-19-13(15)17-11/h1-4,8H,5-7,14H2,(H2,15,17)(H,16,18). The molecule has 6 heteroatoms. The van der Waals surface area contributed by atoms with Crippen LogP contribution in [-0.2, 0) is 17.6 Å². The molecule has 1 amide bonds. The Morgan fingerprint density at radius 1 is 1.26 bits per heavy atom. The van der Waals surface area contributed by atoms with Crippen molar-refractivity contribution in [3.8, 4) is 0 Å². The van der Waals surface area contributed by atoms with E-state index in [4.69, 9.17) is 11.5 Å². The van der Waals surface area contributed by atoms with Crippen LogP contribution in [-0.4, -0.2) is 17.4 Å². The zero-order chi connectivity index (χ0) is 13.7. The van der Waals surface area contributed by atoms with Crippen LogP contribution in [0.4, 0.5) is 10.8 Å². The van der Waals surface area contributed by atoms with Crippen molar-refractivity contribution in [3.63, 3.8) is 0 Å². The Labute approximate surface area is 115 Å². The van der Waals surface area contributed by atoms with Crippen molar-refractivity contribution in [3.05, 3.63) is 40.9 Å². The Morgan fingerprint density at radius 2 is 2.00 bits per heavy atom. The number of nitrogen functional groups attached to an aromatic ring is 2. The van der Waals surface area contributed by atoms with E-state index in [1.807, 2.05) is 24.3 Å². The average molecular weight is 276 g/mol. The molecule has 0 aliphatic heterocycles. The fourth-order valence-corrected chi connectivity index (χ4v) is 2.22. The summed E-state index contributed by atoms with van der Waals surface area (Å²) in [6.45, 7) is 0.600. The average Bonchev–Trinajstić information content (AvgIpc) is 2.77. The lowest BCUT2D eigenvalue weighted by Crippen LogP contribution is -2.27. The number of hydrogen-bond acceptors (Lipinski definition) is 5. The fraction of sp³-hybridized carbons (Fsp3) is 0.231. The van der Waals surface area contributed by atoms with Crippen LogP contribution in [0.25, 0.3) is 0 Å². The Kier molecular flexibility index (Phi) is 4.35. The molecule has 100 valence electrons. The van der Waals surface area contributed by atoms with Crippen molar-refractivity contribution in [1.82, 2.24) is 10.3 Å². The quantitative estimate of drug-likeness (QED) is 0.715. The smallest absolute Gasteiger partial charge is 0.226 e. The van der Waals surface area contributed by atoms with Crippen LogP contribution < -0.4 is 16.8 Å². The topological polar surface area (TPSA) is 94.0 Å². The third kappa shape index (κ3) is 4.26. The number of rotatable bonds is 5. The van der Waals surface area contributed by atoms with Crippen LogP contribution >= 0.6 is 11.3 Å². The van der Waals surface area contributed by atoms with Crippen molar-refractivity contribution in [2.45, 2.75) is 12.8 Å². The first-order valence-corrected chi connectivity index (χ1v) is 6.82. The summed E-state index contributed by atoms with van der Waals surface area (Å²) in [7, 11) is 0. The van der Waals surface area contributed by atoms with E-state index < -0.39 is 0 Å². The monoisotopic (exact) mass is 276 g/mol. The summed E-state index contributed by atoms with van der Waals surface area (Å²) in [6.07, 6.45) is 1.06. The zero-order valence-corrected chi connectivity index (χ0v) is 11.2. The highest BCUT2D eigenvalue weighted by Gasteiger charge is 2.06. The number of aromatic nitrogens is 1. The lowest BCUT2D eigenvalue weighted by Gasteiger charge is -2.04. The second kappa shape index (κ2) is 6.19. The van der Waals surface area contributed by atoms with Gasteiger partial charge in [0.1, 0.15) is 0 Å². The number of anilines is 2. The van der Waals surface area contributed by atoms with Crippen LogP contribution in [0.5, 0.6) is 0 Å². The van der Waals surface area contributed by atoms with Gasteiger partial charge in [-0.25, -0.2) is 4.98 Å². The number of carbonyl (C=O) groups excluding carboxylic acids is 1. The minimum atomic E-state index is -0.0410. The molecule has 1 aromatic heterocycles. The number of benzene rings is 1. The van der Waals surface area contributed by atoms with E-state index in [0.717, 1.165) is 17.7 Å². The van der Waals surface area contributed by atoms with Crippen LogP contribution in [0, 0.1) is 0 Å². The van der Waals surface area contributed by atoms with Gasteiger partial charge in [0.25, 0.3) is 0 Å². The van der Waals surface area contributed by atoms with Gasteiger partial charge in [-0.05, 0) is 24.1 Å². The predicted molar refractivity (Wildman–Crippen MR) is 77.8 cm³/mol. The van der Waals surface area contributed by atoms with E-state index >= 15 is 0 Å². The molecular formula is C13H16N4OS. The zero-order valence-electron chi connectivity index (χ0n) is 10.4. The highest BCUT2D eigenvalue weighted by Crippen LogP contribution is 2.11. The molecule has 2 aromatic rings. The summed E-state index contributed by atoms with van der Waals surface area (Å²) in [5, 5.41) is 5.15. The van der Waals surface area contributed by atoms with Gasteiger partial charge >= 0.3 is 0 Å². The molecule has 0 radical (unpaired) electrons. The maximum atomic E-state index is 11.7. The molecule has 0 atom stereocenters. The van der Waals surface area contributed by atoms with Crippen LogP contribution in [0.15, 0.2) is 29.6 Å². The van der Waals surface area contributed by atoms with E-state index in [1.165, 1.54) is 11.3 Å². The number of thiazole rings is 1. The van der Waals surface area contributed by atoms with Gasteiger partial charge in [0, 0.05) is 17.6 Å².